The number of ether oxygens (including phenoxy) is 1. The van der Waals surface area contributed by atoms with Gasteiger partial charge in [-0.3, -0.25) is 0 Å². The Balaban J connectivity index is 1.96. The molecule has 2 aromatic rings. The molecule has 0 bridgehead atoms. The Morgan fingerprint density at radius 3 is 2.90 bits per heavy atom. The highest BCUT2D eigenvalue weighted by Crippen LogP contribution is 2.22. The highest BCUT2D eigenvalue weighted by atomic mass is 35.5. The van der Waals surface area contributed by atoms with Gasteiger partial charge in [-0.25, -0.2) is 4.98 Å². The summed E-state index contributed by atoms with van der Waals surface area (Å²) >= 11 is 7.21. The molecule has 3 nitrogen and oxygen atoms in total. The van der Waals surface area contributed by atoms with E-state index in [-0.39, 0.29) is 11.8 Å². The van der Waals surface area contributed by atoms with E-state index in [1.54, 1.807) is 18.3 Å². The van der Waals surface area contributed by atoms with Crippen LogP contribution in [0.5, 0.6) is 5.75 Å². The van der Waals surface area contributed by atoms with Crippen LogP contribution >= 0.6 is 22.9 Å². The van der Waals surface area contributed by atoms with Crippen molar-refractivity contribution < 1.29 is 13.5 Å². The van der Waals surface area contributed by atoms with Crippen LogP contribution in [-0.4, -0.2) is 11.6 Å². The zero-order valence-corrected chi connectivity index (χ0v) is 12.2. The van der Waals surface area contributed by atoms with Gasteiger partial charge in [0, 0.05) is 12.6 Å². The van der Waals surface area contributed by atoms with E-state index >= 15 is 0 Å². The zero-order chi connectivity index (χ0) is 14.5. The lowest BCUT2D eigenvalue weighted by Crippen LogP contribution is -2.18. The highest BCUT2D eigenvalue weighted by Gasteiger charge is 2.09. The topological polar surface area (TPSA) is 34.2 Å². The third kappa shape index (κ3) is 4.40. The number of nitrogens with zero attached hydrogens (tertiary/aromatic N) is 1. The second kappa shape index (κ2) is 6.97. The molecule has 1 aromatic carbocycles. The van der Waals surface area contributed by atoms with Crippen LogP contribution in [0, 0.1) is 0 Å². The first kappa shape index (κ1) is 15.2. The van der Waals surface area contributed by atoms with Crippen LogP contribution in [-0.2, 0) is 6.54 Å². The lowest BCUT2D eigenvalue weighted by molar-refractivity contribution is -0.0499. The van der Waals surface area contributed by atoms with Gasteiger partial charge in [0.05, 0.1) is 6.20 Å². The van der Waals surface area contributed by atoms with Gasteiger partial charge >= 0.3 is 6.61 Å². The van der Waals surface area contributed by atoms with Crippen LogP contribution in [0.1, 0.15) is 23.5 Å². The van der Waals surface area contributed by atoms with E-state index in [0.717, 1.165) is 10.6 Å². The highest BCUT2D eigenvalue weighted by molar-refractivity contribution is 7.15. The number of thiazole rings is 1. The zero-order valence-electron chi connectivity index (χ0n) is 10.6. The Labute approximate surface area is 124 Å². The minimum Gasteiger partial charge on any atom is -0.435 e. The fourth-order valence-corrected chi connectivity index (χ4v) is 2.60. The quantitative estimate of drug-likeness (QED) is 0.864. The molecule has 1 N–H and O–H groups in total. The van der Waals surface area contributed by atoms with Crippen molar-refractivity contribution in [2.75, 3.05) is 0 Å². The molecule has 1 unspecified atom stereocenters. The molecule has 20 heavy (non-hydrogen) atoms. The molecule has 1 heterocycles. The number of hydrogen-bond donors (Lipinski definition) is 1. The van der Waals surface area contributed by atoms with Crippen LogP contribution in [0.15, 0.2) is 30.5 Å². The molecule has 0 saturated heterocycles. The number of aromatic nitrogens is 1. The molecule has 0 radical (unpaired) electrons. The van der Waals surface area contributed by atoms with Crippen molar-refractivity contribution in [1.82, 2.24) is 10.3 Å². The van der Waals surface area contributed by atoms with Gasteiger partial charge in [-0.1, -0.05) is 23.7 Å². The van der Waals surface area contributed by atoms with Crippen LogP contribution < -0.4 is 10.1 Å². The first-order valence-corrected chi connectivity index (χ1v) is 7.12. The van der Waals surface area contributed by atoms with Gasteiger partial charge in [-0.05, 0) is 24.6 Å². The number of benzene rings is 1. The monoisotopic (exact) mass is 318 g/mol. The van der Waals surface area contributed by atoms with Crippen molar-refractivity contribution >= 4 is 22.9 Å². The fourth-order valence-electron chi connectivity index (χ4n) is 1.69. The molecular formula is C13H13ClF2N2OS. The molecule has 0 spiro atoms. The van der Waals surface area contributed by atoms with Crippen LogP contribution in [0.4, 0.5) is 8.78 Å². The van der Waals surface area contributed by atoms with Gasteiger partial charge in [0.1, 0.15) is 15.1 Å². The first-order chi connectivity index (χ1) is 9.54. The molecule has 0 aliphatic carbocycles. The van der Waals surface area contributed by atoms with Crippen LogP contribution in [0.3, 0.4) is 0 Å². The average molecular weight is 319 g/mol. The Kier molecular flexibility index (Phi) is 5.28. The average Bonchev–Trinajstić information content (AvgIpc) is 2.81. The number of alkyl halides is 2. The molecule has 0 fully saturated rings. The van der Waals surface area contributed by atoms with E-state index in [0.29, 0.717) is 10.9 Å². The maximum Gasteiger partial charge on any atom is 0.387 e. The summed E-state index contributed by atoms with van der Waals surface area (Å²) in [7, 11) is 0. The lowest BCUT2D eigenvalue weighted by atomic mass is 10.1. The number of halogens is 3. The smallest absolute Gasteiger partial charge is 0.387 e. The predicted molar refractivity (Wildman–Crippen MR) is 75.5 cm³/mol. The van der Waals surface area contributed by atoms with E-state index < -0.39 is 6.61 Å². The van der Waals surface area contributed by atoms with Crippen molar-refractivity contribution in [3.63, 3.8) is 0 Å². The second-order valence-corrected chi connectivity index (χ2v) is 5.86. The van der Waals surface area contributed by atoms with E-state index in [9.17, 15) is 8.78 Å². The fraction of sp³-hybridized carbons (Fsp3) is 0.308. The maximum atomic E-state index is 12.2. The van der Waals surface area contributed by atoms with E-state index in [1.807, 2.05) is 13.0 Å². The summed E-state index contributed by atoms with van der Waals surface area (Å²) in [6.45, 7) is -0.305. The van der Waals surface area contributed by atoms with Gasteiger partial charge in [0.15, 0.2) is 0 Å². The number of hydrogen-bond acceptors (Lipinski definition) is 4. The van der Waals surface area contributed by atoms with Gasteiger partial charge < -0.3 is 10.1 Å². The summed E-state index contributed by atoms with van der Waals surface area (Å²) in [6, 6.07) is 6.62. The van der Waals surface area contributed by atoms with Crippen molar-refractivity contribution in [2.45, 2.75) is 26.1 Å². The summed E-state index contributed by atoms with van der Waals surface area (Å²) in [5.74, 6) is 0.156. The van der Waals surface area contributed by atoms with Crippen LogP contribution in [0.25, 0.3) is 0 Å². The summed E-state index contributed by atoms with van der Waals surface area (Å²) in [5.41, 5.74) is 0.866. The van der Waals surface area contributed by atoms with Gasteiger partial charge in [0.2, 0.25) is 0 Å². The van der Waals surface area contributed by atoms with E-state index in [2.05, 4.69) is 15.0 Å². The summed E-state index contributed by atoms with van der Waals surface area (Å²) in [6.07, 6.45) is 1.60. The van der Waals surface area contributed by atoms with Crippen molar-refractivity contribution in [1.29, 1.82) is 0 Å². The van der Waals surface area contributed by atoms with Crippen LogP contribution in [0.2, 0.25) is 4.34 Å². The standard InChI is InChI=1S/C13H13ClF2N2OS/c1-8(17-7-12-18-6-11(14)20-12)9-3-2-4-10(5-9)19-13(15)16/h2-6,8,13,17H,7H2,1H3. The summed E-state index contributed by atoms with van der Waals surface area (Å²) in [5, 5.41) is 4.13. The normalized spacial score (nSPS) is 12.7. The molecule has 0 amide bonds. The first-order valence-electron chi connectivity index (χ1n) is 5.93. The van der Waals surface area contributed by atoms with Crippen molar-refractivity contribution in [3.8, 4) is 5.75 Å². The molecule has 108 valence electrons. The second-order valence-electron chi connectivity index (χ2n) is 4.11. The summed E-state index contributed by atoms with van der Waals surface area (Å²) < 4.78 is 29.4. The molecule has 1 aromatic heterocycles. The molecule has 0 aliphatic heterocycles. The Hall–Kier alpha value is -1.24. The molecule has 7 heteroatoms. The van der Waals surface area contributed by atoms with Gasteiger partial charge in [-0.2, -0.15) is 8.78 Å². The molecule has 1 atom stereocenters. The summed E-state index contributed by atoms with van der Waals surface area (Å²) in [4.78, 5) is 4.14. The molecule has 2 rings (SSSR count). The third-order valence-corrected chi connectivity index (χ3v) is 3.78. The van der Waals surface area contributed by atoms with Crippen molar-refractivity contribution in [3.05, 3.63) is 45.4 Å². The van der Waals surface area contributed by atoms with E-state index in [4.69, 9.17) is 11.6 Å². The molecule has 0 saturated carbocycles. The minimum absolute atomic E-state index is 0.0149. The SMILES string of the molecule is CC(NCc1ncc(Cl)s1)c1cccc(OC(F)F)c1. The van der Waals surface area contributed by atoms with E-state index in [1.165, 1.54) is 17.4 Å². The molecular weight excluding hydrogens is 306 g/mol. The third-order valence-electron chi connectivity index (χ3n) is 2.67. The Morgan fingerprint density at radius 2 is 2.25 bits per heavy atom. The Morgan fingerprint density at radius 1 is 1.45 bits per heavy atom. The van der Waals surface area contributed by atoms with Gasteiger partial charge in [-0.15, -0.1) is 11.3 Å². The van der Waals surface area contributed by atoms with Gasteiger partial charge in [0.25, 0.3) is 0 Å². The predicted octanol–water partition coefficient (Wildman–Crippen LogP) is 4.25. The number of nitrogens with one attached hydrogen (secondary N) is 1. The maximum absolute atomic E-state index is 12.2. The Bertz CT molecular complexity index is 565. The van der Waals surface area contributed by atoms with Crippen molar-refractivity contribution in [2.24, 2.45) is 0 Å². The largest absolute Gasteiger partial charge is 0.435 e. The number of rotatable bonds is 6. The lowest BCUT2D eigenvalue weighted by Gasteiger charge is -2.14. The minimum atomic E-state index is -2.81. The molecule has 0 aliphatic rings.